The molecule has 0 radical (unpaired) electrons. The van der Waals surface area contributed by atoms with E-state index in [9.17, 15) is 14.4 Å². The van der Waals surface area contributed by atoms with Gasteiger partial charge in [-0.2, -0.15) is 0 Å². The second-order valence-corrected chi connectivity index (χ2v) is 22.0. The average molecular weight is 1000 g/mol. The molecular formula is C65H124O6. The van der Waals surface area contributed by atoms with Crippen molar-refractivity contribution < 1.29 is 28.6 Å². The van der Waals surface area contributed by atoms with Crippen LogP contribution < -0.4 is 0 Å². The number of rotatable bonds is 60. The Bertz CT molecular complexity index is 1100. The summed E-state index contributed by atoms with van der Waals surface area (Å²) in [5.74, 6) is -0.853. The maximum absolute atomic E-state index is 12.8. The third-order valence-corrected chi connectivity index (χ3v) is 14.8. The summed E-state index contributed by atoms with van der Waals surface area (Å²) < 4.78 is 16.8. The highest BCUT2D eigenvalue weighted by atomic mass is 16.6. The molecule has 71 heavy (non-hydrogen) atoms. The molecule has 0 fully saturated rings. The van der Waals surface area contributed by atoms with Crippen LogP contribution in [0, 0.1) is 0 Å². The van der Waals surface area contributed by atoms with Gasteiger partial charge in [0.15, 0.2) is 6.10 Å². The maximum atomic E-state index is 12.8. The molecule has 0 bridgehead atoms. The lowest BCUT2D eigenvalue weighted by Gasteiger charge is -2.18. The largest absolute Gasteiger partial charge is 0.462 e. The number of hydrogen-bond donors (Lipinski definition) is 0. The van der Waals surface area contributed by atoms with E-state index in [4.69, 9.17) is 14.2 Å². The van der Waals surface area contributed by atoms with E-state index in [1.165, 1.54) is 263 Å². The predicted molar refractivity (Wildman–Crippen MR) is 307 cm³/mol. The van der Waals surface area contributed by atoms with E-state index >= 15 is 0 Å². The first-order valence-electron chi connectivity index (χ1n) is 32.2. The lowest BCUT2D eigenvalue weighted by Crippen LogP contribution is -2.30. The van der Waals surface area contributed by atoms with Gasteiger partial charge < -0.3 is 14.2 Å². The fourth-order valence-corrected chi connectivity index (χ4v) is 9.91. The summed E-state index contributed by atoms with van der Waals surface area (Å²) in [7, 11) is 0. The van der Waals surface area contributed by atoms with Gasteiger partial charge in [0, 0.05) is 19.3 Å². The van der Waals surface area contributed by atoms with Crippen molar-refractivity contribution in [1.29, 1.82) is 0 Å². The van der Waals surface area contributed by atoms with Gasteiger partial charge in [0.05, 0.1) is 0 Å². The van der Waals surface area contributed by atoms with Crippen LogP contribution in [0.5, 0.6) is 0 Å². The highest BCUT2D eigenvalue weighted by molar-refractivity contribution is 5.71. The van der Waals surface area contributed by atoms with Crippen LogP contribution >= 0.6 is 0 Å². The lowest BCUT2D eigenvalue weighted by molar-refractivity contribution is -0.167. The van der Waals surface area contributed by atoms with Gasteiger partial charge in [-0.1, -0.05) is 315 Å². The van der Waals surface area contributed by atoms with Crippen molar-refractivity contribution in [3.05, 3.63) is 12.2 Å². The van der Waals surface area contributed by atoms with Gasteiger partial charge in [-0.25, -0.2) is 0 Å². The molecule has 0 aliphatic heterocycles. The first kappa shape index (κ1) is 69.2. The van der Waals surface area contributed by atoms with Crippen molar-refractivity contribution in [1.82, 2.24) is 0 Å². The molecule has 1 atom stereocenters. The SMILES string of the molecule is CCCCCCCCCC/C=C\CCCCCCCCCCCCCCCC(=O)OCC(COC(=O)CCCCCCC)OC(=O)CCCCCCCCCCCCCCCCCCCCCCCCC. The monoisotopic (exact) mass is 1000 g/mol. The number of ether oxygens (including phenoxy) is 3. The van der Waals surface area contributed by atoms with Crippen molar-refractivity contribution >= 4 is 17.9 Å². The Morgan fingerprint density at radius 1 is 0.268 bits per heavy atom. The minimum Gasteiger partial charge on any atom is -0.462 e. The predicted octanol–water partition coefficient (Wildman–Crippen LogP) is 21.7. The smallest absolute Gasteiger partial charge is 0.306 e. The molecule has 1 unspecified atom stereocenters. The fourth-order valence-electron chi connectivity index (χ4n) is 9.91. The highest BCUT2D eigenvalue weighted by Crippen LogP contribution is 2.18. The lowest BCUT2D eigenvalue weighted by atomic mass is 10.0. The second-order valence-electron chi connectivity index (χ2n) is 22.0. The molecular weight excluding hydrogens is 877 g/mol. The van der Waals surface area contributed by atoms with Crippen molar-refractivity contribution in [2.45, 2.75) is 374 Å². The Morgan fingerprint density at radius 2 is 0.465 bits per heavy atom. The van der Waals surface area contributed by atoms with Gasteiger partial charge in [-0.15, -0.1) is 0 Å². The number of unbranched alkanes of at least 4 members (excludes halogenated alkanes) is 47. The van der Waals surface area contributed by atoms with Crippen LogP contribution in [0.2, 0.25) is 0 Å². The topological polar surface area (TPSA) is 78.9 Å². The summed E-state index contributed by atoms with van der Waals surface area (Å²) in [4.78, 5) is 37.9. The molecule has 420 valence electrons. The zero-order valence-electron chi connectivity index (χ0n) is 48.3. The Kier molecular flexibility index (Phi) is 59.1. The summed E-state index contributed by atoms with van der Waals surface area (Å²) >= 11 is 0. The number of carbonyl (C=O) groups is 3. The van der Waals surface area contributed by atoms with Crippen LogP contribution in [-0.4, -0.2) is 37.2 Å². The van der Waals surface area contributed by atoms with Gasteiger partial charge in [0.1, 0.15) is 13.2 Å². The van der Waals surface area contributed by atoms with Gasteiger partial charge in [0.2, 0.25) is 0 Å². The van der Waals surface area contributed by atoms with Crippen molar-refractivity contribution in [3.8, 4) is 0 Å². The van der Waals surface area contributed by atoms with Crippen LogP contribution in [0.4, 0.5) is 0 Å². The first-order valence-corrected chi connectivity index (χ1v) is 32.2. The molecule has 0 aromatic rings. The van der Waals surface area contributed by atoms with Gasteiger partial charge in [0.25, 0.3) is 0 Å². The molecule has 0 aliphatic carbocycles. The quantitative estimate of drug-likeness (QED) is 0.0261. The molecule has 0 aromatic heterocycles. The minimum atomic E-state index is -0.762. The minimum absolute atomic E-state index is 0.0649. The molecule has 0 saturated carbocycles. The third-order valence-electron chi connectivity index (χ3n) is 14.8. The van der Waals surface area contributed by atoms with E-state index in [2.05, 4.69) is 32.9 Å². The zero-order valence-corrected chi connectivity index (χ0v) is 48.3. The maximum Gasteiger partial charge on any atom is 0.306 e. The number of esters is 3. The molecule has 0 N–H and O–H groups in total. The van der Waals surface area contributed by atoms with Gasteiger partial charge in [-0.3, -0.25) is 14.4 Å². The normalized spacial score (nSPS) is 12.0. The highest BCUT2D eigenvalue weighted by Gasteiger charge is 2.19. The first-order chi connectivity index (χ1) is 35.0. The Morgan fingerprint density at radius 3 is 0.704 bits per heavy atom. The molecule has 6 nitrogen and oxygen atoms in total. The van der Waals surface area contributed by atoms with Crippen molar-refractivity contribution in [3.63, 3.8) is 0 Å². The van der Waals surface area contributed by atoms with Gasteiger partial charge in [-0.05, 0) is 44.9 Å². The molecule has 0 spiro atoms. The third kappa shape index (κ3) is 58.9. The Hall–Kier alpha value is -1.85. The number of carbonyl (C=O) groups excluding carboxylic acids is 3. The number of allylic oxidation sites excluding steroid dienone is 2. The molecule has 6 heteroatoms. The van der Waals surface area contributed by atoms with E-state index in [1.54, 1.807) is 0 Å². The molecule has 0 aromatic carbocycles. The molecule has 0 heterocycles. The number of hydrogen-bond acceptors (Lipinski definition) is 6. The summed E-state index contributed by atoms with van der Waals surface area (Å²) in [6.45, 7) is 6.63. The van der Waals surface area contributed by atoms with Crippen LogP contribution in [0.25, 0.3) is 0 Å². The fraction of sp³-hybridized carbons (Fsp3) is 0.923. The van der Waals surface area contributed by atoms with Crippen LogP contribution in [-0.2, 0) is 28.6 Å². The van der Waals surface area contributed by atoms with Gasteiger partial charge >= 0.3 is 17.9 Å². The average Bonchev–Trinajstić information content (AvgIpc) is 3.37. The van der Waals surface area contributed by atoms with Crippen LogP contribution in [0.3, 0.4) is 0 Å². The van der Waals surface area contributed by atoms with Crippen LogP contribution in [0.15, 0.2) is 12.2 Å². The molecule has 0 rings (SSSR count). The van der Waals surface area contributed by atoms with E-state index in [-0.39, 0.29) is 31.1 Å². The zero-order chi connectivity index (χ0) is 51.4. The van der Waals surface area contributed by atoms with E-state index in [0.29, 0.717) is 19.3 Å². The van der Waals surface area contributed by atoms with Crippen LogP contribution in [0.1, 0.15) is 367 Å². The van der Waals surface area contributed by atoms with E-state index in [1.807, 2.05) is 0 Å². The summed E-state index contributed by atoms with van der Waals surface area (Å²) in [5, 5.41) is 0. The Balaban J connectivity index is 3.97. The molecule has 0 saturated heterocycles. The van der Waals surface area contributed by atoms with Crippen molar-refractivity contribution in [2.24, 2.45) is 0 Å². The molecule has 0 amide bonds. The van der Waals surface area contributed by atoms with Crippen molar-refractivity contribution in [2.75, 3.05) is 13.2 Å². The summed E-state index contributed by atoms with van der Waals surface area (Å²) in [5.41, 5.74) is 0. The standard InChI is InChI=1S/C65H124O6/c1-4-7-10-13-15-17-19-21-23-25-27-29-31-32-34-35-37-39-41-43-45-47-49-52-55-58-64(67)70-61-62(60-69-63(66)57-54-51-12-9-6-3)71-65(68)59-56-53-50-48-46-44-42-40-38-36-33-30-28-26-24-22-20-18-16-14-11-8-5-2/h25,27,62H,4-24,26,28-61H2,1-3H3/b27-25-. The summed E-state index contributed by atoms with van der Waals surface area (Å²) in [6.07, 6.45) is 71.4. The Labute approximate surface area is 443 Å². The van der Waals surface area contributed by atoms with E-state index in [0.717, 1.165) is 64.2 Å². The second kappa shape index (κ2) is 60.7. The molecule has 0 aliphatic rings. The van der Waals surface area contributed by atoms with E-state index < -0.39 is 6.10 Å². The summed E-state index contributed by atoms with van der Waals surface area (Å²) in [6, 6.07) is 0.